The number of allylic oxidation sites excluding steroid dienone is 2. The molecule has 0 atom stereocenters. The van der Waals surface area contributed by atoms with E-state index < -0.39 is 0 Å². The lowest BCUT2D eigenvalue weighted by Gasteiger charge is -2.02. The van der Waals surface area contributed by atoms with Crippen LogP contribution in [0.1, 0.15) is 22.3 Å². The summed E-state index contributed by atoms with van der Waals surface area (Å²) in [5, 5.41) is 0. The molecule has 1 heteroatoms. The molecule has 0 aromatic heterocycles. The van der Waals surface area contributed by atoms with Crippen molar-refractivity contribution in [2.75, 3.05) is 0 Å². The molecule has 0 aliphatic heterocycles. The molecule has 0 radical (unpaired) electrons. The normalized spacial score (nSPS) is 11.2. The summed E-state index contributed by atoms with van der Waals surface area (Å²) < 4.78 is 0. The van der Waals surface area contributed by atoms with Gasteiger partial charge in [-0.25, -0.2) is 0 Å². The Kier molecular flexibility index (Phi) is 5.73. The van der Waals surface area contributed by atoms with Gasteiger partial charge in [-0.2, -0.15) is 0 Å². The quantitative estimate of drug-likeness (QED) is 0.541. The van der Waals surface area contributed by atoms with E-state index in [1.807, 2.05) is 60.7 Å². The zero-order valence-electron chi connectivity index (χ0n) is 14.0. The fourth-order valence-electron chi connectivity index (χ4n) is 2.55. The van der Waals surface area contributed by atoms with Crippen molar-refractivity contribution >= 4 is 17.9 Å². The van der Waals surface area contributed by atoms with E-state index in [0.717, 1.165) is 17.5 Å². The van der Waals surface area contributed by atoms with Crippen LogP contribution in [0.2, 0.25) is 0 Å². The fraction of sp³-hybridized carbons (Fsp3) is 0.0417. The van der Waals surface area contributed by atoms with Crippen molar-refractivity contribution < 1.29 is 4.79 Å². The number of carbonyl (C=O) groups excluding carboxylic acids is 1. The van der Waals surface area contributed by atoms with Crippen LogP contribution in [0, 0.1) is 0 Å². The van der Waals surface area contributed by atoms with Gasteiger partial charge in [0, 0.05) is 0 Å². The summed E-state index contributed by atoms with van der Waals surface area (Å²) in [7, 11) is 0. The second-order valence-electron chi connectivity index (χ2n) is 5.88. The number of ketones is 1. The maximum atomic E-state index is 11.9. The van der Waals surface area contributed by atoms with Crippen molar-refractivity contribution in [1.82, 2.24) is 0 Å². The molecular weight excluding hydrogens is 304 g/mol. The van der Waals surface area contributed by atoms with Gasteiger partial charge in [0.05, 0.1) is 0 Å². The number of hydrogen-bond donors (Lipinski definition) is 0. The molecule has 0 heterocycles. The van der Waals surface area contributed by atoms with Gasteiger partial charge in [-0.15, -0.1) is 0 Å². The molecular formula is C24H20O. The largest absolute Gasteiger partial charge is 0.290 e. The van der Waals surface area contributed by atoms with Crippen molar-refractivity contribution in [3.63, 3.8) is 0 Å². The van der Waals surface area contributed by atoms with Crippen LogP contribution in [0.15, 0.2) is 97.1 Å². The Morgan fingerprint density at radius 1 is 0.600 bits per heavy atom. The van der Waals surface area contributed by atoms with Crippen molar-refractivity contribution in [3.05, 3.63) is 119 Å². The zero-order chi connectivity index (χ0) is 17.3. The third-order valence-electron chi connectivity index (χ3n) is 3.91. The maximum Gasteiger partial charge on any atom is 0.178 e. The molecule has 0 saturated heterocycles. The molecule has 0 amide bonds. The van der Waals surface area contributed by atoms with Crippen LogP contribution in [0.5, 0.6) is 0 Å². The van der Waals surface area contributed by atoms with Gasteiger partial charge in [0.25, 0.3) is 0 Å². The van der Waals surface area contributed by atoms with E-state index in [0.29, 0.717) is 0 Å². The Labute approximate surface area is 149 Å². The van der Waals surface area contributed by atoms with Gasteiger partial charge >= 0.3 is 0 Å². The predicted octanol–water partition coefficient (Wildman–Crippen LogP) is 5.57. The predicted molar refractivity (Wildman–Crippen MR) is 105 cm³/mol. The highest BCUT2D eigenvalue weighted by Crippen LogP contribution is 2.12. The summed E-state index contributed by atoms with van der Waals surface area (Å²) in [6, 6.07) is 28.5. The van der Waals surface area contributed by atoms with Gasteiger partial charge in [0.1, 0.15) is 0 Å². The van der Waals surface area contributed by atoms with E-state index >= 15 is 0 Å². The van der Waals surface area contributed by atoms with Gasteiger partial charge in [-0.3, -0.25) is 4.79 Å². The summed E-state index contributed by atoms with van der Waals surface area (Å²) in [6.07, 6.45) is 7.80. The summed E-state index contributed by atoms with van der Waals surface area (Å²) in [5.41, 5.74) is 4.61. The SMILES string of the molecule is O=C(C=Cc1ccccc1)C=Cc1ccc(Cc2ccccc2)cc1. The first-order chi connectivity index (χ1) is 12.3. The molecule has 3 aromatic rings. The number of benzene rings is 3. The third kappa shape index (κ3) is 5.43. The Morgan fingerprint density at radius 2 is 1.08 bits per heavy atom. The maximum absolute atomic E-state index is 11.9. The van der Waals surface area contributed by atoms with Crippen LogP contribution in [-0.4, -0.2) is 5.78 Å². The van der Waals surface area contributed by atoms with E-state index in [2.05, 4.69) is 36.4 Å². The van der Waals surface area contributed by atoms with Crippen molar-refractivity contribution in [3.8, 4) is 0 Å². The molecule has 1 nitrogen and oxygen atoms in total. The lowest BCUT2D eigenvalue weighted by molar-refractivity contribution is -0.110. The zero-order valence-corrected chi connectivity index (χ0v) is 14.0. The molecule has 0 spiro atoms. The highest BCUT2D eigenvalue weighted by atomic mass is 16.1. The number of carbonyl (C=O) groups is 1. The Hall–Kier alpha value is -3.19. The lowest BCUT2D eigenvalue weighted by Crippen LogP contribution is -1.88. The smallest absolute Gasteiger partial charge is 0.178 e. The Balaban J connectivity index is 1.58. The van der Waals surface area contributed by atoms with Crippen molar-refractivity contribution in [1.29, 1.82) is 0 Å². The Bertz CT molecular complexity index is 857. The molecule has 3 rings (SSSR count). The highest BCUT2D eigenvalue weighted by molar-refractivity contribution is 6.04. The van der Waals surface area contributed by atoms with Gasteiger partial charge in [-0.05, 0) is 40.8 Å². The van der Waals surface area contributed by atoms with Gasteiger partial charge < -0.3 is 0 Å². The first-order valence-corrected chi connectivity index (χ1v) is 8.38. The minimum atomic E-state index is -0.0165. The topological polar surface area (TPSA) is 17.1 Å². The summed E-state index contributed by atoms with van der Waals surface area (Å²) in [5.74, 6) is -0.0165. The van der Waals surface area contributed by atoms with Crippen molar-refractivity contribution in [2.45, 2.75) is 6.42 Å². The van der Waals surface area contributed by atoms with Crippen LogP contribution in [-0.2, 0) is 11.2 Å². The second-order valence-corrected chi connectivity index (χ2v) is 5.88. The molecule has 0 aliphatic rings. The first-order valence-electron chi connectivity index (χ1n) is 8.38. The molecule has 3 aromatic carbocycles. The molecule has 0 aliphatic carbocycles. The summed E-state index contributed by atoms with van der Waals surface area (Å²) in [6.45, 7) is 0. The standard InChI is InChI=1S/C24H20O/c25-24(17-15-20-7-3-1-4-8-20)18-16-21-11-13-23(14-12-21)19-22-9-5-2-6-10-22/h1-18H,19H2. The summed E-state index contributed by atoms with van der Waals surface area (Å²) in [4.78, 5) is 11.9. The average molecular weight is 324 g/mol. The molecule has 0 fully saturated rings. The van der Waals surface area contributed by atoms with Crippen LogP contribution < -0.4 is 0 Å². The minimum Gasteiger partial charge on any atom is -0.290 e. The Morgan fingerprint density at radius 3 is 1.68 bits per heavy atom. The molecule has 0 saturated carbocycles. The molecule has 0 unspecified atom stereocenters. The first kappa shape index (κ1) is 16.7. The van der Waals surface area contributed by atoms with Crippen LogP contribution in [0.25, 0.3) is 12.2 Å². The van der Waals surface area contributed by atoms with Crippen molar-refractivity contribution in [2.24, 2.45) is 0 Å². The molecule has 25 heavy (non-hydrogen) atoms. The van der Waals surface area contributed by atoms with Crippen LogP contribution in [0.4, 0.5) is 0 Å². The molecule has 0 bridgehead atoms. The van der Waals surface area contributed by atoms with Gasteiger partial charge in [0.15, 0.2) is 5.78 Å². The number of hydrogen-bond acceptors (Lipinski definition) is 1. The fourth-order valence-corrected chi connectivity index (χ4v) is 2.55. The number of rotatable bonds is 6. The lowest BCUT2D eigenvalue weighted by atomic mass is 10.0. The highest BCUT2D eigenvalue weighted by Gasteiger charge is 1.96. The van der Waals surface area contributed by atoms with E-state index in [1.165, 1.54) is 11.1 Å². The van der Waals surface area contributed by atoms with E-state index in [9.17, 15) is 4.79 Å². The summed E-state index contributed by atoms with van der Waals surface area (Å²) >= 11 is 0. The molecule has 0 N–H and O–H groups in total. The molecule has 122 valence electrons. The van der Waals surface area contributed by atoms with Crippen LogP contribution in [0.3, 0.4) is 0 Å². The van der Waals surface area contributed by atoms with Crippen LogP contribution >= 0.6 is 0 Å². The second kappa shape index (κ2) is 8.60. The minimum absolute atomic E-state index is 0.0165. The van der Waals surface area contributed by atoms with E-state index in [4.69, 9.17) is 0 Å². The van der Waals surface area contributed by atoms with Gasteiger partial charge in [-0.1, -0.05) is 97.1 Å². The third-order valence-corrected chi connectivity index (χ3v) is 3.91. The average Bonchev–Trinajstić information content (AvgIpc) is 2.67. The van der Waals surface area contributed by atoms with E-state index in [-0.39, 0.29) is 5.78 Å². The monoisotopic (exact) mass is 324 g/mol. The van der Waals surface area contributed by atoms with E-state index in [1.54, 1.807) is 12.2 Å². The van der Waals surface area contributed by atoms with Gasteiger partial charge in [0.2, 0.25) is 0 Å².